The van der Waals surface area contributed by atoms with Crippen LogP contribution in [0.15, 0.2) is 56.7 Å². The van der Waals surface area contributed by atoms with E-state index in [1.165, 1.54) is 0 Å². The van der Waals surface area contributed by atoms with E-state index in [4.69, 9.17) is 0 Å². The van der Waals surface area contributed by atoms with Gasteiger partial charge in [0.15, 0.2) is 0 Å². The van der Waals surface area contributed by atoms with Crippen LogP contribution in [0.3, 0.4) is 0 Å². The molecule has 0 aliphatic carbocycles. The van der Waals surface area contributed by atoms with Gasteiger partial charge in [0, 0.05) is 16.4 Å². The van der Waals surface area contributed by atoms with Crippen molar-refractivity contribution in [2.75, 3.05) is 0 Å². The lowest BCUT2D eigenvalue weighted by Gasteiger charge is -2.04. The summed E-state index contributed by atoms with van der Waals surface area (Å²) in [6.45, 7) is 5.98. The first-order chi connectivity index (χ1) is 12.0. The Morgan fingerprint density at radius 2 is 1.96 bits per heavy atom. The Morgan fingerprint density at radius 3 is 2.68 bits per heavy atom. The van der Waals surface area contributed by atoms with Gasteiger partial charge in [-0.05, 0) is 55.7 Å². The SMILES string of the molecule is CCc1ccccc1N=Cc1c(C)[nH]n(-c2ccc(Br)c(C)c2)c1=O. The molecule has 0 saturated carbocycles. The molecule has 0 unspecified atom stereocenters. The van der Waals surface area contributed by atoms with Crippen molar-refractivity contribution < 1.29 is 0 Å². The Labute approximate surface area is 155 Å². The van der Waals surface area contributed by atoms with Crippen LogP contribution in [0.25, 0.3) is 5.69 Å². The number of aromatic amines is 1. The fraction of sp³-hybridized carbons (Fsp3) is 0.200. The number of para-hydroxylation sites is 1. The van der Waals surface area contributed by atoms with Gasteiger partial charge >= 0.3 is 0 Å². The molecule has 0 spiro atoms. The molecule has 0 aliphatic rings. The average molecular weight is 398 g/mol. The molecule has 0 fully saturated rings. The molecule has 4 nitrogen and oxygen atoms in total. The van der Waals surface area contributed by atoms with Gasteiger partial charge in [0.1, 0.15) is 0 Å². The third-order valence-electron chi connectivity index (χ3n) is 4.22. The van der Waals surface area contributed by atoms with Crippen LogP contribution < -0.4 is 5.56 Å². The predicted octanol–water partition coefficient (Wildman–Crippen LogP) is 4.86. The van der Waals surface area contributed by atoms with E-state index in [1.54, 1.807) is 10.9 Å². The Hall–Kier alpha value is -2.40. The molecule has 1 aromatic heterocycles. The van der Waals surface area contributed by atoms with Crippen LogP contribution >= 0.6 is 15.9 Å². The van der Waals surface area contributed by atoms with Crippen molar-refractivity contribution in [3.05, 3.63) is 79.7 Å². The zero-order chi connectivity index (χ0) is 18.0. The first-order valence-corrected chi connectivity index (χ1v) is 9.00. The summed E-state index contributed by atoms with van der Waals surface area (Å²) in [5, 5.41) is 3.14. The molecule has 2 aromatic carbocycles. The number of hydrogen-bond acceptors (Lipinski definition) is 2. The Kier molecular flexibility index (Phi) is 5.04. The second-order valence-electron chi connectivity index (χ2n) is 5.96. The van der Waals surface area contributed by atoms with E-state index < -0.39 is 0 Å². The van der Waals surface area contributed by atoms with Crippen LogP contribution in [-0.4, -0.2) is 16.0 Å². The van der Waals surface area contributed by atoms with Crippen LogP contribution in [-0.2, 0) is 6.42 Å². The van der Waals surface area contributed by atoms with Gasteiger partial charge in [0.2, 0.25) is 0 Å². The third kappa shape index (κ3) is 3.51. The Bertz CT molecular complexity index is 998. The van der Waals surface area contributed by atoms with Crippen molar-refractivity contribution in [3.63, 3.8) is 0 Å². The maximum absolute atomic E-state index is 12.8. The summed E-state index contributed by atoms with van der Waals surface area (Å²) in [5.74, 6) is 0. The van der Waals surface area contributed by atoms with Gasteiger partial charge in [-0.15, -0.1) is 0 Å². The minimum Gasteiger partial charge on any atom is -0.295 e. The lowest BCUT2D eigenvalue weighted by atomic mass is 10.1. The van der Waals surface area contributed by atoms with Crippen molar-refractivity contribution >= 4 is 27.8 Å². The molecule has 0 saturated heterocycles. The fourth-order valence-electron chi connectivity index (χ4n) is 2.73. The van der Waals surface area contributed by atoms with Gasteiger partial charge in [-0.3, -0.25) is 14.9 Å². The zero-order valence-electron chi connectivity index (χ0n) is 14.5. The Morgan fingerprint density at radius 1 is 1.20 bits per heavy atom. The second-order valence-corrected chi connectivity index (χ2v) is 6.82. The molecule has 25 heavy (non-hydrogen) atoms. The van der Waals surface area contributed by atoms with Gasteiger partial charge in [0.05, 0.1) is 16.9 Å². The lowest BCUT2D eigenvalue weighted by Crippen LogP contribution is -2.17. The number of rotatable bonds is 4. The number of aryl methyl sites for hydroxylation is 3. The summed E-state index contributed by atoms with van der Waals surface area (Å²) >= 11 is 3.49. The maximum Gasteiger partial charge on any atom is 0.280 e. The zero-order valence-corrected chi connectivity index (χ0v) is 16.1. The molecule has 0 aliphatic heterocycles. The summed E-state index contributed by atoms with van der Waals surface area (Å²) in [6.07, 6.45) is 2.56. The number of H-pyrrole nitrogens is 1. The van der Waals surface area contributed by atoms with Crippen LogP contribution in [0.5, 0.6) is 0 Å². The van der Waals surface area contributed by atoms with Crippen molar-refractivity contribution in [3.8, 4) is 5.69 Å². The highest BCUT2D eigenvalue weighted by Gasteiger charge is 2.11. The van der Waals surface area contributed by atoms with E-state index in [0.717, 1.165) is 39.1 Å². The highest BCUT2D eigenvalue weighted by molar-refractivity contribution is 9.10. The monoisotopic (exact) mass is 397 g/mol. The van der Waals surface area contributed by atoms with E-state index in [-0.39, 0.29) is 5.56 Å². The van der Waals surface area contributed by atoms with E-state index >= 15 is 0 Å². The summed E-state index contributed by atoms with van der Waals surface area (Å²) in [4.78, 5) is 17.3. The molecule has 0 atom stereocenters. The molecule has 1 N–H and O–H groups in total. The van der Waals surface area contributed by atoms with Crippen LogP contribution in [0, 0.1) is 13.8 Å². The fourth-order valence-corrected chi connectivity index (χ4v) is 2.98. The van der Waals surface area contributed by atoms with Crippen LogP contribution in [0.2, 0.25) is 0 Å². The highest BCUT2D eigenvalue weighted by Crippen LogP contribution is 2.20. The number of halogens is 1. The molecule has 1 heterocycles. The van der Waals surface area contributed by atoms with Gasteiger partial charge < -0.3 is 0 Å². The average Bonchev–Trinajstić information content (AvgIpc) is 2.90. The summed E-state index contributed by atoms with van der Waals surface area (Å²) in [7, 11) is 0. The van der Waals surface area contributed by atoms with E-state index in [9.17, 15) is 4.79 Å². The van der Waals surface area contributed by atoms with Gasteiger partial charge in [-0.2, -0.15) is 0 Å². The van der Waals surface area contributed by atoms with Crippen LogP contribution in [0.4, 0.5) is 5.69 Å². The smallest absolute Gasteiger partial charge is 0.280 e. The van der Waals surface area contributed by atoms with E-state index in [0.29, 0.717) is 5.56 Å². The predicted molar refractivity (Wildman–Crippen MR) is 107 cm³/mol. The molecule has 0 radical (unpaired) electrons. The number of benzene rings is 2. The largest absolute Gasteiger partial charge is 0.295 e. The van der Waals surface area contributed by atoms with E-state index in [1.807, 2.05) is 50.2 Å². The third-order valence-corrected chi connectivity index (χ3v) is 5.11. The van der Waals surface area contributed by atoms with Gasteiger partial charge in [-0.1, -0.05) is 41.1 Å². The van der Waals surface area contributed by atoms with E-state index in [2.05, 4.69) is 39.0 Å². The van der Waals surface area contributed by atoms with Crippen LogP contribution in [0.1, 0.15) is 29.3 Å². The molecule has 0 amide bonds. The second kappa shape index (κ2) is 7.23. The normalized spacial score (nSPS) is 11.4. The minimum absolute atomic E-state index is 0.100. The number of aromatic nitrogens is 2. The molecular weight excluding hydrogens is 378 g/mol. The molecular formula is C20H20BrN3O. The van der Waals surface area contributed by atoms with Crippen molar-refractivity contribution in [1.29, 1.82) is 0 Å². The molecule has 3 rings (SSSR count). The van der Waals surface area contributed by atoms with Crippen molar-refractivity contribution in [2.45, 2.75) is 27.2 Å². The maximum atomic E-state index is 12.8. The quantitative estimate of drug-likeness (QED) is 0.627. The number of hydrogen-bond donors (Lipinski definition) is 1. The topological polar surface area (TPSA) is 50.1 Å². The van der Waals surface area contributed by atoms with Crippen molar-refractivity contribution in [2.24, 2.45) is 4.99 Å². The summed E-state index contributed by atoms with van der Waals surface area (Å²) < 4.78 is 2.58. The number of nitrogens with zero attached hydrogens (tertiary/aromatic N) is 2. The first-order valence-electron chi connectivity index (χ1n) is 8.21. The molecule has 0 bridgehead atoms. The first kappa shape index (κ1) is 17.4. The number of aliphatic imine (C=N–C) groups is 1. The standard InChI is InChI=1S/C20H20BrN3O/c1-4-15-7-5-6-8-19(15)22-12-17-14(3)23-24(20(17)25)16-9-10-18(21)13(2)11-16/h5-12,23H,4H2,1-3H3. The number of nitrogens with one attached hydrogen (secondary N) is 1. The summed E-state index contributed by atoms with van der Waals surface area (Å²) in [6, 6.07) is 13.8. The van der Waals surface area contributed by atoms with Gasteiger partial charge in [-0.25, -0.2) is 4.68 Å². The molecule has 3 aromatic rings. The minimum atomic E-state index is -0.100. The molecule has 5 heteroatoms. The lowest BCUT2D eigenvalue weighted by molar-refractivity contribution is 0.834. The van der Waals surface area contributed by atoms with Gasteiger partial charge in [0.25, 0.3) is 5.56 Å². The summed E-state index contributed by atoms with van der Waals surface area (Å²) in [5.41, 5.74) is 5.21. The highest BCUT2D eigenvalue weighted by atomic mass is 79.9. The molecule has 128 valence electrons. The Balaban J connectivity index is 2.01. The van der Waals surface area contributed by atoms with Crippen molar-refractivity contribution in [1.82, 2.24) is 9.78 Å².